The van der Waals surface area contributed by atoms with Gasteiger partial charge in [-0.1, -0.05) is 71.1 Å². The zero-order chi connectivity index (χ0) is 43.3. The first-order chi connectivity index (χ1) is 29.0. The van der Waals surface area contributed by atoms with Gasteiger partial charge >= 0.3 is 5.97 Å². The van der Waals surface area contributed by atoms with Crippen molar-refractivity contribution in [3.63, 3.8) is 0 Å². The van der Waals surface area contributed by atoms with E-state index in [1.165, 1.54) is 24.2 Å². The van der Waals surface area contributed by atoms with Crippen LogP contribution in [-0.4, -0.2) is 78.0 Å². The van der Waals surface area contributed by atoms with Gasteiger partial charge in [-0.2, -0.15) is 0 Å². The number of Topliss-reactive ketones (excluding diaryl/α,β-unsaturated/α-hetero) is 1. The molecular formula is C48H65N3O9S. The second kappa shape index (κ2) is 16.9. The van der Waals surface area contributed by atoms with E-state index in [1.54, 1.807) is 13.0 Å². The highest BCUT2D eigenvalue weighted by molar-refractivity contribution is 7.91. The van der Waals surface area contributed by atoms with Crippen LogP contribution in [0.4, 0.5) is 0 Å². The van der Waals surface area contributed by atoms with Gasteiger partial charge < -0.3 is 19.1 Å². The molecule has 7 atom stereocenters. The summed E-state index contributed by atoms with van der Waals surface area (Å²) >= 11 is 0. The monoisotopic (exact) mass is 859 g/mol. The van der Waals surface area contributed by atoms with Gasteiger partial charge in [-0.05, 0) is 100 Å². The highest BCUT2D eigenvalue weighted by Gasteiger charge is 2.62. The lowest BCUT2D eigenvalue weighted by atomic mass is 9.77. The largest absolute Gasteiger partial charge is 0.492 e. The number of allylic oxidation sites excluding steroid dienone is 1. The van der Waals surface area contributed by atoms with Crippen molar-refractivity contribution in [2.24, 2.45) is 34.5 Å². The molecule has 1 N–H and O–H groups in total. The number of sulfonamides is 1. The van der Waals surface area contributed by atoms with Crippen LogP contribution < -0.4 is 14.2 Å². The highest BCUT2D eigenvalue weighted by Crippen LogP contribution is 2.57. The molecule has 332 valence electrons. The van der Waals surface area contributed by atoms with Gasteiger partial charge in [-0.25, -0.2) is 13.4 Å². The number of ether oxygens (including phenoxy) is 3. The molecule has 2 amide bonds. The number of carbonyl (C=O) groups excluding carboxylic acids is 4. The molecule has 5 fully saturated rings. The maximum absolute atomic E-state index is 14.9. The number of ketones is 1. The maximum Gasteiger partial charge on any atom is 0.306 e. The summed E-state index contributed by atoms with van der Waals surface area (Å²) in [6.07, 6.45) is 13.0. The molecule has 1 aromatic carbocycles. The van der Waals surface area contributed by atoms with Crippen LogP contribution in [0, 0.1) is 34.5 Å². The van der Waals surface area contributed by atoms with Gasteiger partial charge in [-0.3, -0.25) is 23.9 Å². The fourth-order valence-corrected chi connectivity index (χ4v) is 11.0. The molecule has 0 radical (unpaired) electrons. The van der Waals surface area contributed by atoms with E-state index < -0.39 is 61.5 Å². The second-order valence-corrected chi connectivity index (χ2v) is 22.7. The first-order valence-electron chi connectivity index (χ1n) is 22.9. The highest BCUT2D eigenvalue weighted by atomic mass is 32.2. The van der Waals surface area contributed by atoms with E-state index in [0.717, 1.165) is 73.1 Å². The van der Waals surface area contributed by atoms with Gasteiger partial charge in [0, 0.05) is 18.2 Å². The molecule has 12 nitrogen and oxygen atoms in total. The minimum absolute atomic E-state index is 0.0592. The number of pyridine rings is 1. The van der Waals surface area contributed by atoms with E-state index in [1.807, 2.05) is 45.0 Å². The lowest BCUT2D eigenvalue weighted by Crippen LogP contribution is -2.49. The number of nitrogens with zero attached hydrogens (tertiary/aromatic N) is 2. The van der Waals surface area contributed by atoms with Crippen molar-refractivity contribution in [2.45, 2.75) is 160 Å². The van der Waals surface area contributed by atoms with E-state index in [4.69, 9.17) is 19.2 Å². The molecule has 2 aromatic rings. The Bertz CT molecular complexity index is 2160. The molecule has 2 bridgehead atoms. The number of nitrogens with one attached hydrogen (secondary N) is 1. The fraction of sp³-hybridized carbons (Fsp3) is 0.688. The Hall–Kier alpha value is -4.00. The average molecular weight is 860 g/mol. The second-order valence-electron chi connectivity index (χ2n) is 20.5. The number of benzene rings is 1. The Morgan fingerprint density at radius 2 is 1.82 bits per heavy atom. The number of unbranched alkanes of at least 4 members (excludes halogenated alkanes) is 1. The van der Waals surface area contributed by atoms with Crippen LogP contribution in [0.1, 0.15) is 136 Å². The predicted octanol–water partition coefficient (Wildman–Crippen LogP) is 7.79. The summed E-state index contributed by atoms with van der Waals surface area (Å²) < 4.78 is 47.2. The van der Waals surface area contributed by atoms with Crippen LogP contribution >= 0.6 is 0 Å². The molecule has 1 saturated heterocycles. The third-order valence-electron chi connectivity index (χ3n) is 14.6. The standard InChI is InChI=1S/C48H65N3O9S/c1-6-32-27-48(32,45(55)50-61(56,57)47(5)21-22-47)28-39(52)38-25-33-29-51(38)44(54)36(46(2,3)4)26-41(53)60-40-24-31(40)15-8-7-9-17-35-42(58-23-13-12-14-30-19-20-30)34-16-10-11-18-37(34)49-43(35)59-33/h6,10-11,16,18,30-33,36,38,40H,1,7-9,12-15,17,19-29H2,2-5H3,(H,50,55)/t31-,32-,33-,36-,38+,40-,48-/m1/s1. The van der Waals surface area contributed by atoms with Crippen molar-refractivity contribution in [1.29, 1.82) is 0 Å². The molecule has 1 aromatic heterocycles. The SMILES string of the molecule is C=C[C@@H]1C[C@]1(CC(=O)[C@@H]1C[C@@H]2CN1C(=O)[C@H](C(C)(C)C)CC(=O)O[C@@H]1C[C@H]1CCCCCc1c(nc3ccccc3c1OCCCCC1CC1)O2)C(=O)NS(=O)(=O)C1(C)CC1. The quantitative estimate of drug-likeness (QED) is 0.120. The van der Waals surface area contributed by atoms with Crippen LogP contribution in [0.2, 0.25) is 0 Å². The van der Waals surface area contributed by atoms with Gasteiger partial charge in [0.05, 0.1) is 52.8 Å². The van der Waals surface area contributed by atoms with Crippen molar-refractivity contribution >= 4 is 44.5 Å². The smallest absolute Gasteiger partial charge is 0.306 e. The molecule has 0 spiro atoms. The summed E-state index contributed by atoms with van der Waals surface area (Å²) in [5, 5.41) is 0.920. The molecular weight excluding hydrogens is 795 g/mol. The maximum atomic E-state index is 14.9. The number of rotatable bonds is 13. The van der Waals surface area contributed by atoms with Gasteiger partial charge in [0.2, 0.25) is 27.7 Å². The zero-order valence-corrected chi connectivity index (χ0v) is 37.4. The van der Waals surface area contributed by atoms with Gasteiger partial charge in [0.1, 0.15) is 18.0 Å². The summed E-state index contributed by atoms with van der Waals surface area (Å²) in [5.41, 5.74) is -0.353. The molecule has 6 aliphatic rings. The first-order valence-corrected chi connectivity index (χ1v) is 24.4. The summed E-state index contributed by atoms with van der Waals surface area (Å²) in [7, 11) is -3.96. The molecule has 2 aliphatic heterocycles. The van der Waals surface area contributed by atoms with Gasteiger partial charge in [0.25, 0.3) is 0 Å². The van der Waals surface area contributed by atoms with E-state index in [9.17, 15) is 27.6 Å². The Balaban J connectivity index is 1.12. The Kier molecular flexibility index (Phi) is 12.1. The topological polar surface area (TPSA) is 158 Å². The molecule has 13 heteroatoms. The van der Waals surface area contributed by atoms with Crippen molar-refractivity contribution in [3.8, 4) is 11.6 Å². The Labute approximate surface area is 361 Å². The van der Waals surface area contributed by atoms with Crippen LogP contribution in [0.3, 0.4) is 0 Å². The minimum Gasteiger partial charge on any atom is -0.492 e. The fourth-order valence-electron chi connectivity index (χ4n) is 9.70. The molecule has 4 aliphatic carbocycles. The van der Waals surface area contributed by atoms with Crippen LogP contribution in [0.25, 0.3) is 10.9 Å². The van der Waals surface area contributed by atoms with E-state index in [0.29, 0.717) is 37.7 Å². The Morgan fingerprint density at radius 1 is 1.05 bits per heavy atom. The number of fused-ring (bicyclic) bond motifs is 5. The number of hydrogen-bond acceptors (Lipinski definition) is 10. The minimum atomic E-state index is -3.96. The van der Waals surface area contributed by atoms with Crippen LogP contribution in [-0.2, 0) is 40.4 Å². The van der Waals surface area contributed by atoms with Crippen molar-refractivity contribution in [3.05, 3.63) is 42.5 Å². The third kappa shape index (κ3) is 9.52. The number of para-hydroxylation sites is 1. The average Bonchev–Trinajstić information content (AvgIpc) is 4.04. The first kappa shape index (κ1) is 43.6. The van der Waals surface area contributed by atoms with E-state index in [-0.39, 0.29) is 50.0 Å². The van der Waals surface area contributed by atoms with Crippen molar-refractivity contribution < 1.29 is 41.8 Å². The normalized spacial score (nSPS) is 30.1. The molecule has 8 rings (SSSR count). The van der Waals surface area contributed by atoms with Gasteiger partial charge in [-0.15, -0.1) is 6.58 Å². The molecule has 0 unspecified atom stereocenters. The van der Waals surface area contributed by atoms with Crippen molar-refractivity contribution in [1.82, 2.24) is 14.6 Å². The summed E-state index contributed by atoms with van der Waals surface area (Å²) in [6, 6.07) is 6.92. The predicted molar refractivity (Wildman–Crippen MR) is 231 cm³/mol. The summed E-state index contributed by atoms with van der Waals surface area (Å²) in [4.78, 5) is 63.7. The lowest BCUT2D eigenvalue weighted by molar-refractivity contribution is -0.154. The summed E-state index contributed by atoms with van der Waals surface area (Å²) in [6.45, 7) is 11.9. The lowest BCUT2D eigenvalue weighted by Gasteiger charge is -2.34. The third-order valence-corrected chi connectivity index (χ3v) is 16.8. The van der Waals surface area contributed by atoms with Gasteiger partial charge in [0.15, 0.2) is 5.78 Å². The number of hydrogen-bond donors (Lipinski definition) is 1. The molecule has 61 heavy (non-hydrogen) atoms. The van der Waals surface area contributed by atoms with E-state index >= 15 is 0 Å². The van der Waals surface area contributed by atoms with Crippen molar-refractivity contribution in [2.75, 3.05) is 13.2 Å². The molecule has 3 heterocycles. The van der Waals surface area contributed by atoms with Crippen LogP contribution in [0.15, 0.2) is 36.9 Å². The number of esters is 1. The number of carbonyl (C=O) groups is 4. The molecule has 4 saturated carbocycles. The Morgan fingerprint density at radius 3 is 2.52 bits per heavy atom. The zero-order valence-electron chi connectivity index (χ0n) is 36.5. The van der Waals surface area contributed by atoms with Crippen LogP contribution in [0.5, 0.6) is 11.6 Å². The number of amides is 2. The van der Waals surface area contributed by atoms with E-state index in [2.05, 4.69) is 11.3 Å². The number of aromatic nitrogens is 1. The summed E-state index contributed by atoms with van der Waals surface area (Å²) in [5.74, 6) is -0.693.